The third kappa shape index (κ3) is 15.1. The van der Waals surface area contributed by atoms with Crippen molar-refractivity contribution in [3.8, 4) is 23.0 Å². The van der Waals surface area contributed by atoms with Crippen molar-refractivity contribution >= 4 is 26.0 Å². The van der Waals surface area contributed by atoms with Crippen molar-refractivity contribution in [2.75, 3.05) is 55.4 Å². The Morgan fingerprint density at radius 3 is 1.15 bits per heavy atom. The number of benzene rings is 4. The van der Waals surface area contributed by atoms with Gasteiger partial charge in [0.15, 0.2) is 10.1 Å². The number of carbonyl (C=O) groups is 1. The monoisotopic (exact) mass is 1060 g/mol. The lowest BCUT2D eigenvalue weighted by Gasteiger charge is -2.21. The molecule has 0 amide bonds. The highest BCUT2D eigenvalue weighted by atomic mass is 32.2. The van der Waals surface area contributed by atoms with Crippen LogP contribution in [-0.4, -0.2) is 111 Å². The first-order valence-electron chi connectivity index (χ1n) is 24.3. The maximum atomic E-state index is 14.0. The molecule has 19 nitrogen and oxygen atoms in total. The van der Waals surface area contributed by atoms with E-state index < -0.39 is 20.0 Å². The van der Waals surface area contributed by atoms with Crippen molar-refractivity contribution in [3.05, 3.63) is 143 Å². The zero-order valence-corrected chi connectivity index (χ0v) is 44.1. The summed E-state index contributed by atoms with van der Waals surface area (Å²) in [6.45, 7) is 1.67. The first kappa shape index (κ1) is 55.4. The van der Waals surface area contributed by atoms with Crippen molar-refractivity contribution in [2.45, 2.75) is 100 Å². The molecule has 4 aromatic carbocycles. The minimum atomic E-state index is -3.98. The SMILES string of the molecule is COC(=O)CCOCc1cc(S(=O)(=O)N(Cc2ccc(OC)cc2)Cc2ccc(OC)cc2)nn1C1CC1.COc1ccc(CN(Cc2ccc(OC)cc2)S(=O)(=O)c2cc(COCCCO)n(C3CC3)n2)cc1. The van der Waals surface area contributed by atoms with Gasteiger partial charge in [-0.15, -0.1) is 0 Å². The molecule has 6 aromatic rings. The Hall–Kier alpha value is -6.33. The summed E-state index contributed by atoms with van der Waals surface area (Å²) in [7, 11) is -0.219. The number of sulfonamides is 2. The van der Waals surface area contributed by atoms with Gasteiger partial charge in [0.1, 0.15) is 23.0 Å². The van der Waals surface area contributed by atoms with E-state index >= 15 is 0 Å². The summed E-state index contributed by atoms with van der Waals surface area (Å²) in [6, 6.07) is 32.8. The van der Waals surface area contributed by atoms with Crippen LogP contribution < -0.4 is 18.9 Å². The van der Waals surface area contributed by atoms with E-state index in [1.807, 2.05) is 72.8 Å². The average molecular weight is 1060 g/mol. The number of nitrogens with zero attached hydrogens (tertiary/aromatic N) is 6. The van der Waals surface area contributed by atoms with Crippen LogP contribution in [0.4, 0.5) is 0 Å². The van der Waals surface area contributed by atoms with Crippen molar-refractivity contribution in [3.63, 3.8) is 0 Å². The number of ether oxygens (including phenoxy) is 7. The third-order valence-corrected chi connectivity index (χ3v) is 15.6. The van der Waals surface area contributed by atoms with Gasteiger partial charge < -0.3 is 38.3 Å². The molecule has 21 heteroatoms. The molecule has 0 unspecified atom stereocenters. The molecule has 2 heterocycles. The molecule has 0 saturated heterocycles. The maximum absolute atomic E-state index is 14.0. The number of rotatable bonds is 28. The smallest absolute Gasteiger partial charge is 0.307 e. The predicted octanol–water partition coefficient (Wildman–Crippen LogP) is 7.23. The Morgan fingerprint density at radius 2 is 0.865 bits per heavy atom. The summed E-state index contributed by atoms with van der Waals surface area (Å²) in [5, 5.41) is 18.0. The van der Waals surface area contributed by atoms with Gasteiger partial charge in [0.25, 0.3) is 20.0 Å². The van der Waals surface area contributed by atoms with Gasteiger partial charge in [-0.2, -0.15) is 18.8 Å². The van der Waals surface area contributed by atoms with Crippen LogP contribution in [0.25, 0.3) is 0 Å². The topological polar surface area (TPSA) is 212 Å². The van der Waals surface area contributed by atoms with E-state index in [1.165, 1.54) is 15.7 Å². The fourth-order valence-electron chi connectivity index (χ4n) is 7.79. The summed E-state index contributed by atoms with van der Waals surface area (Å²) < 4.78 is 99.0. The molecule has 0 atom stereocenters. The highest BCUT2D eigenvalue weighted by Gasteiger charge is 2.35. The molecule has 8 rings (SSSR count). The summed E-state index contributed by atoms with van der Waals surface area (Å²) in [5.41, 5.74) is 4.68. The number of aromatic nitrogens is 4. The molecular weight excluding hydrogens is 993 g/mol. The van der Waals surface area contributed by atoms with E-state index in [1.54, 1.807) is 74.2 Å². The number of carbonyl (C=O) groups excluding carboxylic acids is 1. The number of hydrogen-bond donors (Lipinski definition) is 1. The van der Waals surface area contributed by atoms with Crippen LogP contribution in [-0.2, 0) is 78.4 Å². The number of esters is 1. The van der Waals surface area contributed by atoms with Crippen LogP contribution in [0.1, 0.15) is 84.3 Å². The molecule has 2 fully saturated rings. The standard InChI is InChI=1S/C27H33N3O7S.C26H33N3O6S/c1-34-24-10-4-20(5-11-24)17-29(18-21-6-12-25(35-2)13-7-21)38(32,33)26-16-23(30(28-26)22-8-9-22)19-37-15-14-27(31)36-3;1-33-24-10-4-20(5-11-24)17-28(18-21-6-12-25(34-2)13-7-21)36(31,32)26-16-23(19-35-15-3-14-30)29(27-26)22-8-9-22/h4-7,10-13,16,22H,8-9,14-15,17-19H2,1-3H3;4-7,10-13,16,22,30H,3,8-9,14-15,17-19H2,1-2H3. The van der Waals surface area contributed by atoms with Gasteiger partial charge in [-0.05, 0) is 103 Å². The Bertz CT molecular complexity index is 2840. The highest BCUT2D eigenvalue weighted by Crippen LogP contribution is 2.38. The van der Waals surface area contributed by atoms with Crippen LogP contribution in [0.3, 0.4) is 0 Å². The fourth-order valence-corrected chi connectivity index (χ4v) is 10.5. The van der Waals surface area contributed by atoms with Crippen molar-refractivity contribution in [1.29, 1.82) is 0 Å². The van der Waals surface area contributed by atoms with Crippen LogP contribution in [0.2, 0.25) is 0 Å². The van der Waals surface area contributed by atoms with Gasteiger partial charge in [0.2, 0.25) is 0 Å². The molecule has 2 aliphatic carbocycles. The molecular formula is C53H66N6O13S2. The van der Waals surface area contributed by atoms with Crippen LogP contribution >= 0.6 is 0 Å². The summed E-state index contributed by atoms with van der Waals surface area (Å²) in [4.78, 5) is 11.4. The fraction of sp³-hybridized carbons (Fsp3) is 0.415. The second-order valence-corrected chi connectivity index (χ2v) is 21.5. The van der Waals surface area contributed by atoms with Gasteiger partial charge >= 0.3 is 5.97 Å². The number of aliphatic hydroxyl groups is 1. The molecule has 0 radical (unpaired) electrons. The molecule has 2 saturated carbocycles. The first-order chi connectivity index (χ1) is 35.8. The zero-order valence-electron chi connectivity index (χ0n) is 42.5. The van der Waals surface area contributed by atoms with Gasteiger partial charge in [-0.3, -0.25) is 14.2 Å². The van der Waals surface area contributed by atoms with Gasteiger partial charge in [0, 0.05) is 51.5 Å². The average Bonchev–Trinajstić information content (AvgIpc) is 4.37. The van der Waals surface area contributed by atoms with Gasteiger partial charge in [-0.1, -0.05) is 48.5 Å². The lowest BCUT2D eigenvalue weighted by atomic mass is 10.2. The van der Waals surface area contributed by atoms with E-state index in [0.29, 0.717) is 41.7 Å². The van der Waals surface area contributed by atoms with Gasteiger partial charge in [-0.25, -0.2) is 16.8 Å². The van der Waals surface area contributed by atoms with E-state index in [9.17, 15) is 21.6 Å². The van der Waals surface area contributed by atoms with E-state index in [2.05, 4.69) is 14.9 Å². The largest absolute Gasteiger partial charge is 0.497 e. The van der Waals surface area contributed by atoms with E-state index in [4.69, 9.17) is 33.5 Å². The van der Waals surface area contributed by atoms with Crippen LogP contribution in [0, 0.1) is 0 Å². The predicted molar refractivity (Wildman–Crippen MR) is 273 cm³/mol. The Morgan fingerprint density at radius 1 is 0.541 bits per heavy atom. The Labute approximate surface area is 433 Å². The Balaban J connectivity index is 0.000000217. The van der Waals surface area contributed by atoms with Crippen molar-refractivity contribution < 1.29 is 59.9 Å². The summed E-state index contributed by atoms with van der Waals surface area (Å²) >= 11 is 0. The minimum Gasteiger partial charge on any atom is -0.497 e. The molecule has 0 spiro atoms. The Kier molecular flexibility index (Phi) is 19.7. The number of hydrogen-bond acceptors (Lipinski definition) is 15. The third-order valence-electron chi connectivity index (χ3n) is 12.3. The second kappa shape index (κ2) is 26.2. The molecule has 0 aliphatic heterocycles. The summed E-state index contributed by atoms with van der Waals surface area (Å²) in [5.74, 6) is 2.43. The molecule has 0 bridgehead atoms. The quantitative estimate of drug-likeness (QED) is 0.0379. The second-order valence-electron chi connectivity index (χ2n) is 17.7. The zero-order chi connectivity index (χ0) is 52.7. The normalized spacial score (nSPS) is 13.6. The molecule has 2 aromatic heterocycles. The lowest BCUT2D eigenvalue weighted by Crippen LogP contribution is -2.30. The minimum absolute atomic E-state index is 0.0113. The van der Waals surface area contributed by atoms with E-state index in [-0.39, 0.29) is 87.1 Å². The van der Waals surface area contributed by atoms with Crippen LogP contribution in [0.15, 0.2) is 119 Å². The lowest BCUT2D eigenvalue weighted by molar-refractivity contribution is -0.141. The van der Waals surface area contributed by atoms with Gasteiger partial charge in [0.05, 0.1) is 85.3 Å². The van der Waals surface area contributed by atoms with E-state index in [0.717, 1.165) is 53.6 Å². The van der Waals surface area contributed by atoms with Crippen molar-refractivity contribution in [2.24, 2.45) is 0 Å². The maximum Gasteiger partial charge on any atom is 0.307 e. The van der Waals surface area contributed by atoms with Crippen molar-refractivity contribution in [1.82, 2.24) is 28.2 Å². The van der Waals surface area contributed by atoms with Crippen LogP contribution in [0.5, 0.6) is 23.0 Å². The summed E-state index contributed by atoms with van der Waals surface area (Å²) in [6.07, 6.45) is 4.44. The first-order valence-corrected chi connectivity index (χ1v) is 27.2. The number of methoxy groups -OCH3 is 5. The number of aliphatic hydroxyl groups excluding tert-OH is 1. The molecule has 74 heavy (non-hydrogen) atoms. The molecule has 398 valence electrons. The molecule has 2 aliphatic rings. The molecule has 1 N–H and O–H groups in total. The highest BCUT2D eigenvalue weighted by molar-refractivity contribution is 7.89.